The molecule has 3 rings (SSSR count). The van der Waals surface area contributed by atoms with Crippen LogP contribution in [0.25, 0.3) is 0 Å². The number of hydrogen-bond acceptors (Lipinski definition) is 3. The molecule has 1 saturated carbocycles. The third-order valence-corrected chi connectivity index (χ3v) is 3.69. The second kappa shape index (κ2) is 2.84. The Kier molecular flexibility index (Phi) is 1.69. The molecule has 1 fully saturated rings. The van der Waals surface area contributed by atoms with E-state index in [1.54, 1.807) is 0 Å². The van der Waals surface area contributed by atoms with Gasteiger partial charge in [-0.25, -0.2) is 4.79 Å². The molecule has 4 heteroatoms. The van der Waals surface area contributed by atoms with Crippen molar-refractivity contribution in [3.05, 3.63) is 17.0 Å². The summed E-state index contributed by atoms with van der Waals surface area (Å²) in [6.45, 7) is 4.46. The van der Waals surface area contributed by atoms with E-state index in [-0.39, 0.29) is 5.97 Å². The van der Waals surface area contributed by atoms with Gasteiger partial charge in [0, 0.05) is 11.3 Å². The van der Waals surface area contributed by atoms with E-state index in [9.17, 15) is 4.79 Å². The number of aromatic nitrogens is 2. The predicted molar refractivity (Wildman–Crippen MR) is 53.6 cm³/mol. The molecule has 3 atom stereocenters. The van der Waals surface area contributed by atoms with Crippen LogP contribution in [-0.4, -0.2) is 22.8 Å². The Morgan fingerprint density at radius 2 is 2.47 bits per heavy atom. The van der Waals surface area contributed by atoms with Crippen LogP contribution < -0.4 is 0 Å². The maximum Gasteiger partial charge on any atom is 0.359 e. The molecule has 0 spiro atoms. The Balaban J connectivity index is 1.95. The van der Waals surface area contributed by atoms with Gasteiger partial charge in [-0.1, -0.05) is 6.92 Å². The molecular weight excluding hydrogens is 192 g/mol. The number of H-pyrrole nitrogens is 1. The van der Waals surface area contributed by atoms with Gasteiger partial charge in [0.2, 0.25) is 0 Å². The van der Waals surface area contributed by atoms with Gasteiger partial charge in [-0.05, 0) is 31.1 Å². The lowest BCUT2D eigenvalue weighted by Gasteiger charge is -2.01. The average Bonchev–Trinajstić information content (AvgIpc) is 2.63. The van der Waals surface area contributed by atoms with Crippen LogP contribution in [0.2, 0.25) is 0 Å². The van der Waals surface area contributed by atoms with Crippen molar-refractivity contribution in [2.24, 2.45) is 11.8 Å². The Bertz CT molecular complexity index is 424. The monoisotopic (exact) mass is 206 g/mol. The third-order valence-electron chi connectivity index (χ3n) is 3.69. The van der Waals surface area contributed by atoms with Crippen LogP contribution in [-0.2, 0) is 11.2 Å². The van der Waals surface area contributed by atoms with Crippen molar-refractivity contribution in [3.8, 4) is 0 Å². The van der Waals surface area contributed by atoms with Crippen molar-refractivity contribution in [1.29, 1.82) is 0 Å². The molecule has 0 saturated heterocycles. The number of carbonyl (C=O) groups is 1. The fraction of sp³-hybridized carbons (Fsp3) is 0.636. The lowest BCUT2D eigenvalue weighted by molar-refractivity contribution is 0.0518. The normalized spacial score (nSPS) is 30.9. The van der Waals surface area contributed by atoms with Gasteiger partial charge in [0.25, 0.3) is 0 Å². The first-order valence-corrected chi connectivity index (χ1v) is 5.48. The van der Waals surface area contributed by atoms with Crippen LogP contribution in [0.5, 0.6) is 0 Å². The summed E-state index contributed by atoms with van der Waals surface area (Å²) in [5.74, 6) is 1.72. The fourth-order valence-electron chi connectivity index (χ4n) is 2.83. The lowest BCUT2D eigenvalue weighted by Crippen LogP contribution is -2.07. The van der Waals surface area contributed by atoms with Gasteiger partial charge in [-0.2, -0.15) is 5.10 Å². The highest BCUT2D eigenvalue weighted by molar-refractivity contribution is 5.90. The van der Waals surface area contributed by atoms with Gasteiger partial charge in [0.15, 0.2) is 5.69 Å². The number of fused-ring (bicyclic) bond motifs is 3. The first-order chi connectivity index (χ1) is 7.24. The standard InChI is InChI=1S/C11H14N2O2/c1-3-15-11(14)10-9-7(12-13-10)4-6-5(2)8(6)9/h5-6,8H,3-4H2,1-2H3,(H,12,13)/t5-,6+,8?/m1/s1. The summed E-state index contributed by atoms with van der Waals surface area (Å²) in [6, 6.07) is 0. The Hall–Kier alpha value is -1.32. The third kappa shape index (κ3) is 1.07. The van der Waals surface area contributed by atoms with E-state index in [0.29, 0.717) is 24.1 Å². The largest absolute Gasteiger partial charge is 0.461 e. The van der Waals surface area contributed by atoms with Crippen LogP contribution in [0.4, 0.5) is 0 Å². The quantitative estimate of drug-likeness (QED) is 0.746. The van der Waals surface area contributed by atoms with E-state index in [1.807, 2.05) is 6.92 Å². The molecule has 1 aromatic heterocycles. The van der Waals surface area contributed by atoms with Crippen LogP contribution in [0.3, 0.4) is 0 Å². The van der Waals surface area contributed by atoms with Crippen LogP contribution >= 0.6 is 0 Å². The molecule has 1 N–H and O–H groups in total. The zero-order chi connectivity index (χ0) is 10.6. The lowest BCUT2D eigenvalue weighted by atomic mass is 10.1. The Morgan fingerprint density at radius 3 is 3.20 bits per heavy atom. The fourth-order valence-corrected chi connectivity index (χ4v) is 2.83. The molecule has 15 heavy (non-hydrogen) atoms. The summed E-state index contributed by atoms with van der Waals surface area (Å²) < 4.78 is 4.99. The number of nitrogens with zero attached hydrogens (tertiary/aromatic N) is 1. The number of nitrogens with one attached hydrogen (secondary N) is 1. The average molecular weight is 206 g/mol. The number of rotatable bonds is 2. The molecule has 2 aliphatic carbocycles. The highest BCUT2D eigenvalue weighted by atomic mass is 16.5. The molecule has 0 aliphatic heterocycles. The molecule has 0 amide bonds. The highest BCUT2D eigenvalue weighted by Gasteiger charge is 2.55. The molecule has 2 aliphatic rings. The SMILES string of the molecule is CCOC(=O)c1n[nH]c2c1C1[C@@H](C2)[C@H]1C. The summed E-state index contributed by atoms with van der Waals surface area (Å²) in [6.07, 6.45) is 1.05. The zero-order valence-corrected chi connectivity index (χ0v) is 8.91. The van der Waals surface area contributed by atoms with E-state index >= 15 is 0 Å². The van der Waals surface area contributed by atoms with Gasteiger partial charge in [0.05, 0.1) is 6.61 Å². The molecule has 1 unspecified atom stereocenters. The van der Waals surface area contributed by atoms with Crippen molar-refractivity contribution in [3.63, 3.8) is 0 Å². The van der Waals surface area contributed by atoms with E-state index in [0.717, 1.165) is 23.6 Å². The summed E-state index contributed by atoms with van der Waals surface area (Å²) in [7, 11) is 0. The molecule has 1 aromatic rings. The molecule has 0 radical (unpaired) electrons. The number of ether oxygens (including phenoxy) is 1. The van der Waals surface area contributed by atoms with E-state index < -0.39 is 0 Å². The van der Waals surface area contributed by atoms with Gasteiger partial charge in [-0.15, -0.1) is 0 Å². The maximum atomic E-state index is 11.6. The second-order valence-corrected chi connectivity index (χ2v) is 4.44. The number of carbonyl (C=O) groups excluding carboxylic acids is 1. The topological polar surface area (TPSA) is 55.0 Å². The number of hydrogen-bond donors (Lipinski definition) is 1. The Labute approximate surface area is 88.0 Å². The van der Waals surface area contributed by atoms with Crippen molar-refractivity contribution >= 4 is 5.97 Å². The molecule has 80 valence electrons. The maximum absolute atomic E-state index is 11.6. The second-order valence-electron chi connectivity index (χ2n) is 4.44. The van der Waals surface area contributed by atoms with E-state index in [4.69, 9.17) is 4.74 Å². The Morgan fingerprint density at radius 1 is 1.67 bits per heavy atom. The van der Waals surface area contributed by atoms with Crippen molar-refractivity contribution in [2.45, 2.75) is 26.2 Å². The van der Waals surface area contributed by atoms with E-state index in [1.165, 1.54) is 0 Å². The van der Waals surface area contributed by atoms with Gasteiger partial charge < -0.3 is 4.74 Å². The van der Waals surface area contributed by atoms with Crippen LogP contribution in [0.15, 0.2) is 0 Å². The van der Waals surface area contributed by atoms with Crippen molar-refractivity contribution < 1.29 is 9.53 Å². The van der Waals surface area contributed by atoms with Gasteiger partial charge in [-0.3, -0.25) is 5.10 Å². The number of esters is 1. The smallest absolute Gasteiger partial charge is 0.359 e. The summed E-state index contributed by atoms with van der Waals surface area (Å²) in [5.41, 5.74) is 2.79. The molecule has 1 heterocycles. The van der Waals surface area contributed by atoms with Gasteiger partial charge >= 0.3 is 5.97 Å². The zero-order valence-electron chi connectivity index (χ0n) is 8.91. The van der Waals surface area contributed by atoms with E-state index in [2.05, 4.69) is 17.1 Å². The van der Waals surface area contributed by atoms with Crippen molar-refractivity contribution in [2.75, 3.05) is 6.61 Å². The predicted octanol–water partition coefficient (Wildman–Crippen LogP) is 1.49. The molecule has 0 bridgehead atoms. The minimum Gasteiger partial charge on any atom is -0.461 e. The minimum atomic E-state index is -0.283. The first-order valence-electron chi connectivity index (χ1n) is 5.48. The van der Waals surface area contributed by atoms with Crippen molar-refractivity contribution in [1.82, 2.24) is 10.2 Å². The molecular formula is C11H14N2O2. The summed E-state index contributed by atoms with van der Waals surface area (Å²) in [5, 5.41) is 7.02. The first kappa shape index (κ1) is 8.95. The highest BCUT2D eigenvalue weighted by Crippen LogP contribution is 2.61. The molecule has 4 nitrogen and oxygen atoms in total. The van der Waals surface area contributed by atoms with Gasteiger partial charge in [0.1, 0.15) is 0 Å². The van der Waals surface area contributed by atoms with Crippen LogP contribution in [0, 0.1) is 11.8 Å². The van der Waals surface area contributed by atoms with Crippen LogP contribution in [0.1, 0.15) is 41.5 Å². The molecule has 0 aromatic carbocycles. The summed E-state index contributed by atoms with van der Waals surface area (Å²) in [4.78, 5) is 11.6. The summed E-state index contributed by atoms with van der Waals surface area (Å²) >= 11 is 0. The number of aromatic amines is 1. The minimum absolute atomic E-state index is 0.283.